The monoisotopic (exact) mass is 474 g/mol. The fourth-order valence-corrected chi connectivity index (χ4v) is 4.10. The Kier molecular flexibility index (Phi) is 5.79. The smallest absolute Gasteiger partial charge is 0.274 e. The molecule has 0 saturated carbocycles. The van der Waals surface area contributed by atoms with Gasteiger partial charge in [0.2, 0.25) is 0 Å². The molecule has 160 valence electrons. The summed E-state index contributed by atoms with van der Waals surface area (Å²) in [6.07, 6.45) is 3.90. The van der Waals surface area contributed by atoms with Gasteiger partial charge in [0.05, 0.1) is 21.6 Å². The van der Waals surface area contributed by atoms with Crippen LogP contribution in [0.5, 0.6) is 0 Å². The highest BCUT2D eigenvalue weighted by Crippen LogP contribution is 2.19. The molecule has 10 heteroatoms. The summed E-state index contributed by atoms with van der Waals surface area (Å²) in [5.41, 5.74) is 4.77. The molecule has 0 aliphatic carbocycles. The first-order valence-electron chi connectivity index (χ1n) is 10.1. The summed E-state index contributed by atoms with van der Waals surface area (Å²) in [5.74, 6) is -0.0134. The van der Waals surface area contributed by atoms with Crippen LogP contribution in [0.1, 0.15) is 33.1 Å². The van der Waals surface area contributed by atoms with Gasteiger partial charge in [-0.15, -0.1) is 0 Å². The van der Waals surface area contributed by atoms with Gasteiger partial charge in [0.15, 0.2) is 0 Å². The van der Waals surface area contributed by atoms with Gasteiger partial charge in [-0.25, -0.2) is 4.68 Å². The molecule has 0 bridgehead atoms. The van der Waals surface area contributed by atoms with Crippen molar-refractivity contribution in [1.29, 1.82) is 0 Å². The second kappa shape index (κ2) is 8.35. The molecule has 4 heterocycles. The molecular formula is C20H27BrN8O. The molecule has 0 spiro atoms. The maximum atomic E-state index is 12.9. The first kappa shape index (κ1) is 20.8. The third-order valence-electron chi connectivity index (χ3n) is 5.60. The van der Waals surface area contributed by atoms with E-state index in [0.29, 0.717) is 25.5 Å². The Morgan fingerprint density at radius 1 is 1.07 bits per heavy atom. The second-order valence-corrected chi connectivity index (χ2v) is 8.64. The van der Waals surface area contributed by atoms with E-state index < -0.39 is 0 Å². The Hall–Kier alpha value is -2.46. The predicted molar refractivity (Wildman–Crippen MR) is 116 cm³/mol. The summed E-state index contributed by atoms with van der Waals surface area (Å²) < 4.78 is 6.48. The van der Waals surface area contributed by atoms with Gasteiger partial charge in [-0.05, 0) is 42.8 Å². The van der Waals surface area contributed by atoms with E-state index in [1.807, 2.05) is 48.3 Å². The van der Waals surface area contributed by atoms with Crippen LogP contribution >= 0.6 is 15.9 Å². The van der Waals surface area contributed by atoms with Crippen molar-refractivity contribution in [1.82, 2.24) is 39.1 Å². The molecule has 1 aliphatic heterocycles. The van der Waals surface area contributed by atoms with Crippen LogP contribution in [0.15, 0.2) is 22.9 Å². The molecule has 3 aromatic rings. The van der Waals surface area contributed by atoms with Gasteiger partial charge in [-0.3, -0.25) is 19.1 Å². The summed E-state index contributed by atoms with van der Waals surface area (Å²) in [6.45, 7) is 10.5. The van der Waals surface area contributed by atoms with Crippen molar-refractivity contribution >= 4 is 21.8 Å². The normalized spacial score (nSPS) is 15.2. The lowest BCUT2D eigenvalue weighted by molar-refractivity contribution is 0.0621. The van der Waals surface area contributed by atoms with Crippen LogP contribution in [-0.2, 0) is 20.3 Å². The quantitative estimate of drug-likeness (QED) is 0.564. The van der Waals surface area contributed by atoms with Crippen LogP contribution in [0.4, 0.5) is 0 Å². The molecule has 3 aromatic heterocycles. The standard InChI is InChI=1S/C20H27BrN8O/c1-14-17(11-25(4)22-14)12-26-7-9-27(10-8-26)20(30)18-5-6-28(24-18)13-29-16(3)19(21)15(2)23-29/h5-6,11H,7-10,12-13H2,1-4H3. The molecule has 1 amide bonds. The maximum absolute atomic E-state index is 12.9. The Labute approximate surface area is 184 Å². The van der Waals surface area contributed by atoms with Crippen molar-refractivity contribution in [3.63, 3.8) is 0 Å². The molecule has 1 aliphatic rings. The molecule has 0 N–H and O–H groups in total. The topological polar surface area (TPSA) is 77.0 Å². The van der Waals surface area contributed by atoms with Crippen LogP contribution in [-0.4, -0.2) is 71.2 Å². The number of amides is 1. The number of aryl methyl sites for hydroxylation is 3. The highest BCUT2D eigenvalue weighted by Gasteiger charge is 2.24. The summed E-state index contributed by atoms with van der Waals surface area (Å²) in [6, 6.07) is 1.79. The third kappa shape index (κ3) is 4.20. The van der Waals surface area contributed by atoms with Crippen LogP contribution < -0.4 is 0 Å². The zero-order chi connectivity index (χ0) is 21.4. The van der Waals surface area contributed by atoms with Crippen LogP contribution in [0.3, 0.4) is 0 Å². The van der Waals surface area contributed by atoms with Crippen molar-refractivity contribution in [2.45, 2.75) is 34.0 Å². The minimum atomic E-state index is -0.0134. The second-order valence-electron chi connectivity index (χ2n) is 7.85. The molecule has 9 nitrogen and oxygen atoms in total. The zero-order valence-corrected chi connectivity index (χ0v) is 19.4. The molecule has 1 fully saturated rings. The molecule has 4 rings (SSSR count). The van der Waals surface area contributed by atoms with Crippen LogP contribution in [0.2, 0.25) is 0 Å². The number of carbonyl (C=O) groups is 1. The number of nitrogens with zero attached hydrogens (tertiary/aromatic N) is 8. The van der Waals surface area contributed by atoms with Crippen molar-refractivity contribution in [3.05, 3.63) is 51.3 Å². The van der Waals surface area contributed by atoms with E-state index in [-0.39, 0.29) is 5.91 Å². The van der Waals surface area contributed by atoms with E-state index in [0.717, 1.165) is 41.2 Å². The van der Waals surface area contributed by atoms with E-state index in [9.17, 15) is 4.79 Å². The van der Waals surface area contributed by atoms with Gasteiger partial charge in [0.1, 0.15) is 12.4 Å². The summed E-state index contributed by atoms with van der Waals surface area (Å²) >= 11 is 3.54. The SMILES string of the molecule is Cc1nn(C)cc1CN1CCN(C(=O)c2ccn(Cn3nc(C)c(Br)c3C)n2)CC1. The average molecular weight is 475 g/mol. The summed E-state index contributed by atoms with van der Waals surface area (Å²) in [7, 11) is 1.94. The van der Waals surface area contributed by atoms with Gasteiger partial charge >= 0.3 is 0 Å². The van der Waals surface area contributed by atoms with Gasteiger partial charge < -0.3 is 4.90 Å². The van der Waals surface area contributed by atoms with Crippen molar-refractivity contribution in [2.75, 3.05) is 26.2 Å². The molecule has 30 heavy (non-hydrogen) atoms. The number of rotatable bonds is 5. The number of carbonyl (C=O) groups excluding carboxylic acids is 1. The van der Waals surface area contributed by atoms with Crippen molar-refractivity contribution in [3.8, 4) is 0 Å². The first-order chi connectivity index (χ1) is 14.3. The predicted octanol–water partition coefficient (Wildman–Crippen LogP) is 1.96. The largest absolute Gasteiger partial charge is 0.335 e. The fourth-order valence-electron chi connectivity index (χ4n) is 3.82. The minimum Gasteiger partial charge on any atom is -0.335 e. The Morgan fingerprint density at radius 2 is 1.80 bits per heavy atom. The number of piperazine rings is 1. The Balaban J connectivity index is 1.34. The molecule has 0 radical (unpaired) electrons. The number of hydrogen-bond acceptors (Lipinski definition) is 5. The highest BCUT2D eigenvalue weighted by molar-refractivity contribution is 9.10. The van der Waals surface area contributed by atoms with Gasteiger partial charge in [0.25, 0.3) is 5.91 Å². The number of hydrogen-bond donors (Lipinski definition) is 0. The average Bonchev–Trinajstić information content (AvgIpc) is 3.38. The van der Waals surface area contributed by atoms with E-state index in [2.05, 4.69) is 42.3 Å². The Morgan fingerprint density at radius 3 is 2.40 bits per heavy atom. The first-order valence-corrected chi connectivity index (χ1v) is 10.8. The Bertz CT molecular complexity index is 1060. The minimum absolute atomic E-state index is 0.0134. The lowest BCUT2D eigenvalue weighted by Gasteiger charge is -2.34. The van der Waals surface area contributed by atoms with Gasteiger partial charge in [-0.1, -0.05) is 0 Å². The third-order valence-corrected chi connectivity index (χ3v) is 6.75. The van der Waals surface area contributed by atoms with Gasteiger partial charge in [0, 0.05) is 57.7 Å². The van der Waals surface area contributed by atoms with Crippen molar-refractivity contribution < 1.29 is 4.79 Å². The maximum Gasteiger partial charge on any atom is 0.274 e. The van der Waals surface area contributed by atoms with Crippen LogP contribution in [0, 0.1) is 20.8 Å². The zero-order valence-electron chi connectivity index (χ0n) is 17.8. The van der Waals surface area contributed by atoms with E-state index in [1.54, 1.807) is 10.7 Å². The number of halogens is 1. The van der Waals surface area contributed by atoms with Crippen molar-refractivity contribution in [2.24, 2.45) is 7.05 Å². The fraction of sp³-hybridized carbons (Fsp3) is 0.500. The van der Waals surface area contributed by atoms with Gasteiger partial charge in [-0.2, -0.15) is 15.3 Å². The summed E-state index contributed by atoms with van der Waals surface area (Å²) in [5, 5.41) is 13.4. The summed E-state index contributed by atoms with van der Waals surface area (Å²) in [4.78, 5) is 17.2. The van der Waals surface area contributed by atoms with E-state index >= 15 is 0 Å². The highest BCUT2D eigenvalue weighted by atomic mass is 79.9. The molecular weight excluding hydrogens is 448 g/mol. The van der Waals surface area contributed by atoms with Crippen LogP contribution in [0.25, 0.3) is 0 Å². The molecule has 0 unspecified atom stereocenters. The van der Waals surface area contributed by atoms with E-state index in [4.69, 9.17) is 0 Å². The molecule has 1 saturated heterocycles. The lowest BCUT2D eigenvalue weighted by atomic mass is 10.2. The molecule has 0 atom stereocenters. The lowest BCUT2D eigenvalue weighted by Crippen LogP contribution is -2.48. The number of aromatic nitrogens is 6. The molecule has 0 aromatic carbocycles. The van der Waals surface area contributed by atoms with E-state index in [1.165, 1.54) is 5.56 Å².